The summed E-state index contributed by atoms with van der Waals surface area (Å²) in [6, 6.07) is 8.26. The fourth-order valence-electron chi connectivity index (χ4n) is 3.66. The van der Waals surface area contributed by atoms with Gasteiger partial charge < -0.3 is 10.1 Å². The number of methoxy groups -OCH3 is 1. The van der Waals surface area contributed by atoms with Crippen LogP contribution >= 0.6 is 27.5 Å². The number of sulfonamides is 1. The Hall–Kier alpha value is -1.61. The Bertz CT molecular complexity index is 1050. The molecular weight excluding hydrogens is 492 g/mol. The predicted octanol–water partition coefficient (Wildman–Crippen LogP) is 4.77. The number of benzene rings is 2. The highest BCUT2D eigenvalue weighted by Crippen LogP contribution is 2.31. The Labute approximate surface area is 190 Å². The van der Waals surface area contributed by atoms with E-state index in [0.717, 1.165) is 21.3 Å². The smallest absolute Gasteiger partial charge is 0.243 e. The van der Waals surface area contributed by atoms with Gasteiger partial charge in [-0.25, -0.2) is 8.42 Å². The predicted molar refractivity (Wildman–Crippen MR) is 122 cm³/mol. The minimum Gasteiger partial charge on any atom is -0.495 e. The van der Waals surface area contributed by atoms with E-state index >= 15 is 0 Å². The molecule has 6 nitrogen and oxygen atoms in total. The van der Waals surface area contributed by atoms with Crippen LogP contribution in [-0.4, -0.2) is 38.8 Å². The Balaban J connectivity index is 1.78. The number of rotatable bonds is 5. The summed E-state index contributed by atoms with van der Waals surface area (Å²) in [5.41, 5.74) is 2.66. The molecule has 0 bridgehead atoms. The number of ether oxygens (including phenoxy) is 1. The van der Waals surface area contributed by atoms with E-state index in [1.54, 1.807) is 0 Å². The largest absolute Gasteiger partial charge is 0.495 e. The summed E-state index contributed by atoms with van der Waals surface area (Å²) < 4.78 is 33.6. The first kappa shape index (κ1) is 23.1. The fourth-order valence-corrected chi connectivity index (χ4v) is 6.22. The number of halogens is 2. The molecule has 1 heterocycles. The van der Waals surface area contributed by atoms with Crippen LogP contribution in [-0.2, 0) is 14.8 Å². The number of hydrogen-bond donors (Lipinski definition) is 1. The molecule has 3 rings (SSSR count). The van der Waals surface area contributed by atoms with Crippen LogP contribution in [0.1, 0.15) is 24.0 Å². The number of piperidine rings is 1. The van der Waals surface area contributed by atoms with Gasteiger partial charge in [0.2, 0.25) is 15.9 Å². The molecule has 9 heteroatoms. The number of anilines is 1. The number of nitrogens with one attached hydrogen (secondary N) is 1. The number of amides is 1. The lowest BCUT2D eigenvalue weighted by Gasteiger charge is -2.31. The first-order valence-electron chi connectivity index (χ1n) is 9.54. The minimum absolute atomic E-state index is 0.0916. The summed E-state index contributed by atoms with van der Waals surface area (Å²) in [5.74, 6) is -0.187. The highest BCUT2D eigenvalue weighted by atomic mass is 79.9. The molecule has 0 spiro atoms. The zero-order valence-electron chi connectivity index (χ0n) is 17.0. The van der Waals surface area contributed by atoms with Crippen LogP contribution in [0.5, 0.6) is 5.75 Å². The lowest BCUT2D eigenvalue weighted by Crippen LogP contribution is -2.43. The number of aryl methyl sites for hydroxylation is 2. The van der Waals surface area contributed by atoms with E-state index in [0.29, 0.717) is 25.1 Å². The van der Waals surface area contributed by atoms with E-state index in [1.807, 2.05) is 26.0 Å². The lowest BCUT2D eigenvalue weighted by atomic mass is 9.98. The van der Waals surface area contributed by atoms with Gasteiger partial charge in [-0.2, -0.15) is 4.31 Å². The standard InChI is InChI=1S/C21H24BrClN2O4S/c1-13-9-16(22)10-14(2)20(13)24-21(26)15-5-4-8-25(12-15)30(27,28)17-6-7-19(29-3)18(23)11-17/h6-7,9-11,15H,4-5,8,12H2,1-3H3,(H,24,26). The van der Waals surface area contributed by atoms with Gasteiger partial charge in [-0.3, -0.25) is 4.79 Å². The Kier molecular flexibility index (Phi) is 7.12. The van der Waals surface area contributed by atoms with Gasteiger partial charge >= 0.3 is 0 Å². The van der Waals surface area contributed by atoms with Crippen molar-refractivity contribution in [1.82, 2.24) is 4.31 Å². The van der Waals surface area contributed by atoms with Crippen molar-refractivity contribution in [2.75, 3.05) is 25.5 Å². The van der Waals surface area contributed by atoms with Crippen molar-refractivity contribution in [2.24, 2.45) is 5.92 Å². The van der Waals surface area contributed by atoms with Gasteiger partial charge in [0.15, 0.2) is 0 Å². The van der Waals surface area contributed by atoms with Crippen molar-refractivity contribution in [1.29, 1.82) is 0 Å². The van der Waals surface area contributed by atoms with Crippen LogP contribution in [0, 0.1) is 19.8 Å². The molecule has 0 aliphatic carbocycles. The molecule has 0 aromatic heterocycles. The number of hydrogen-bond acceptors (Lipinski definition) is 4. The molecule has 30 heavy (non-hydrogen) atoms. The summed E-state index contributed by atoms with van der Waals surface area (Å²) in [5, 5.41) is 3.22. The van der Waals surface area contributed by atoms with Gasteiger partial charge in [0, 0.05) is 23.2 Å². The third-order valence-corrected chi connectivity index (χ3v) is 7.88. The monoisotopic (exact) mass is 514 g/mol. The fraction of sp³-hybridized carbons (Fsp3) is 0.381. The third-order valence-electron chi connectivity index (χ3n) is 5.26. The Morgan fingerprint density at radius 3 is 2.50 bits per heavy atom. The number of nitrogens with zero attached hydrogens (tertiary/aromatic N) is 1. The second-order valence-electron chi connectivity index (χ2n) is 7.40. The molecule has 2 aromatic carbocycles. The van der Waals surface area contributed by atoms with Crippen molar-refractivity contribution in [2.45, 2.75) is 31.6 Å². The van der Waals surface area contributed by atoms with E-state index in [4.69, 9.17) is 16.3 Å². The van der Waals surface area contributed by atoms with Crippen LogP contribution in [0.3, 0.4) is 0 Å². The van der Waals surface area contributed by atoms with Crippen LogP contribution in [0.2, 0.25) is 5.02 Å². The molecule has 1 aliphatic rings. The van der Waals surface area contributed by atoms with Gasteiger partial charge in [0.1, 0.15) is 5.75 Å². The Morgan fingerprint density at radius 1 is 1.23 bits per heavy atom. The van der Waals surface area contributed by atoms with E-state index in [-0.39, 0.29) is 22.4 Å². The second-order valence-corrected chi connectivity index (χ2v) is 10.7. The highest BCUT2D eigenvalue weighted by Gasteiger charge is 2.34. The third kappa shape index (κ3) is 4.82. The van der Waals surface area contributed by atoms with Gasteiger partial charge in [-0.1, -0.05) is 27.5 Å². The SMILES string of the molecule is COc1ccc(S(=O)(=O)N2CCCC(C(=O)Nc3c(C)cc(Br)cc3C)C2)cc1Cl. The summed E-state index contributed by atoms with van der Waals surface area (Å²) in [7, 11) is -2.29. The van der Waals surface area contributed by atoms with Crippen LogP contribution in [0.15, 0.2) is 39.7 Å². The second kappa shape index (κ2) is 9.26. The van der Waals surface area contributed by atoms with Crippen molar-refractivity contribution in [3.05, 3.63) is 51.0 Å². The van der Waals surface area contributed by atoms with Crippen LogP contribution in [0.4, 0.5) is 5.69 Å². The van der Waals surface area contributed by atoms with Gasteiger partial charge in [-0.05, 0) is 68.1 Å². The summed E-state index contributed by atoms with van der Waals surface area (Å²) in [6.07, 6.45) is 1.25. The van der Waals surface area contributed by atoms with Crippen molar-refractivity contribution < 1.29 is 17.9 Å². The van der Waals surface area contributed by atoms with E-state index < -0.39 is 15.9 Å². The molecular formula is C21H24BrClN2O4S. The highest BCUT2D eigenvalue weighted by molar-refractivity contribution is 9.10. The molecule has 1 fully saturated rings. The summed E-state index contributed by atoms with van der Waals surface area (Å²) in [4.78, 5) is 13.0. The molecule has 0 saturated carbocycles. The molecule has 1 aliphatic heterocycles. The normalized spacial score (nSPS) is 17.6. The maximum absolute atomic E-state index is 13.1. The maximum Gasteiger partial charge on any atom is 0.243 e. The average molecular weight is 516 g/mol. The topological polar surface area (TPSA) is 75.7 Å². The molecule has 0 radical (unpaired) electrons. The first-order valence-corrected chi connectivity index (χ1v) is 12.2. The zero-order valence-corrected chi connectivity index (χ0v) is 20.2. The molecule has 1 amide bonds. The van der Waals surface area contributed by atoms with Gasteiger partial charge in [0.05, 0.1) is 22.9 Å². The van der Waals surface area contributed by atoms with Crippen LogP contribution < -0.4 is 10.1 Å². The average Bonchev–Trinajstić information content (AvgIpc) is 2.70. The van der Waals surface area contributed by atoms with Crippen LogP contribution in [0.25, 0.3) is 0 Å². The Morgan fingerprint density at radius 2 is 1.90 bits per heavy atom. The number of carbonyl (C=O) groups excluding carboxylic acids is 1. The zero-order chi connectivity index (χ0) is 22.1. The van der Waals surface area contributed by atoms with E-state index in [9.17, 15) is 13.2 Å². The lowest BCUT2D eigenvalue weighted by molar-refractivity contribution is -0.120. The van der Waals surface area contributed by atoms with Gasteiger partial charge in [0.25, 0.3) is 0 Å². The molecule has 2 aromatic rings. The summed E-state index contributed by atoms with van der Waals surface area (Å²) in [6.45, 7) is 4.36. The molecule has 1 N–H and O–H groups in total. The number of carbonyl (C=O) groups is 1. The van der Waals surface area contributed by atoms with Crippen molar-refractivity contribution in [3.63, 3.8) is 0 Å². The minimum atomic E-state index is -3.76. The van der Waals surface area contributed by atoms with E-state index in [1.165, 1.54) is 29.6 Å². The molecule has 1 saturated heterocycles. The molecule has 162 valence electrons. The van der Waals surface area contributed by atoms with Crippen molar-refractivity contribution >= 4 is 49.1 Å². The molecule has 1 unspecified atom stereocenters. The maximum atomic E-state index is 13.1. The summed E-state index contributed by atoms with van der Waals surface area (Å²) >= 11 is 9.56. The first-order chi connectivity index (χ1) is 14.1. The quantitative estimate of drug-likeness (QED) is 0.622. The van der Waals surface area contributed by atoms with Crippen molar-refractivity contribution in [3.8, 4) is 5.75 Å². The van der Waals surface area contributed by atoms with Gasteiger partial charge in [-0.15, -0.1) is 0 Å². The molecule has 1 atom stereocenters. The van der Waals surface area contributed by atoms with E-state index in [2.05, 4.69) is 21.2 Å².